The van der Waals surface area contributed by atoms with E-state index >= 15 is 0 Å². The summed E-state index contributed by atoms with van der Waals surface area (Å²) < 4.78 is 9.33. The Morgan fingerprint density at radius 1 is 0.382 bits per heavy atom. The number of benzene rings is 9. The van der Waals surface area contributed by atoms with E-state index in [9.17, 15) is 0 Å². The Kier molecular flexibility index (Phi) is 7.17. The van der Waals surface area contributed by atoms with Crippen LogP contribution in [0.25, 0.3) is 82.5 Å². The predicted molar refractivity (Wildman–Crippen MR) is 231 cm³/mol. The van der Waals surface area contributed by atoms with E-state index < -0.39 is 0 Å². The van der Waals surface area contributed by atoms with Gasteiger partial charge < -0.3 is 13.9 Å². The average Bonchev–Trinajstić information content (AvgIpc) is 3.81. The molecule has 0 saturated carbocycles. The van der Waals surface area contributed by atoms with Crippen LogP contribution in [0.5, 0.6) is 0 Å². The fourth-order valence-corrected chi connectivity index (χ4v) is 8.59. The molecule has 2 aromatic heterocycles. The van der Waals surface area contributed by atoms with Gasteiger partial charge in [0, 0.05) is 38.8 Å². The van der Waals surface area contributed by atoms with Crippen molar-refractivity contribution in [3.63, 3.8) is 0 Å². The molecule has 2 heterocycles. The van der Waals surface area contributed by atoms with Crippen LogP contribution in [0.15, 0.2) is 211 Å². The van der Waals surface area contributed by atoms with Gasteiger partial charge in [0.2, 0.25) is 0 Å². The molecule has 0 fully saturated rings. The van der Waals surface area contributed by atoms with Crippen molar-refractivity contribution in [1.29, 1.82) is 0 Å². The first-order chi connectivity index (χ1) is 27.3. The quantitative estimate of drug-likeness (QED) is 0.172. The molecule has 0 unspecified atom stereocenters. The largest absolute Gasteiger partial charge is 0.456 e. The fraction of sp³-hybridized carbons (Fsp3) is 0. The summed E-state index contributed by atoms with van der Waals surface area (Å²) in [6.07, 6.45) is 0. The van der Waals surface area contributed by atoms with Gasteiger partial charge in [-0.25, -0.2) is 0 Å². The number of hydrogen-bond donors (Lipinski definition) is 0. The zero-order chi connectivity index (χ0) is 36.3. The highest BCUT2D eigenvalue weighted by Gasteiger charge is 2.24. The lowest BCUT2D eigenvalue weighted by Crippen LogP contribution is -2.10. The molecule has 0 bridgehead atoms. The Balaban J connectivity index is 1.18. The van der Waals surface area contributed by atoms with Crippen molar-refractivity contribution < 1.29 is 4.42 Å². The zero-order valence-electron chi connectivity index (χ0n) is 29.9. The van der Waals surface area contributed by atoms with Gasteiger partial charge >= 0.3 is 0 Å². The van der Waals surface area contributed by atoms with Gasteiger partial charge in [0.15, 0.2) is 0 Å². The summed E-state index contributed by atoms with van der Waals surface area (Å²) in [4.78, 5) is 2.35. The number of fused-ring (bicyclic) bond motifs is 8. The summed E-state index contributed by atoms with van der Waals surface area (Å²) >= 11 is 0. The van der Waals surface area contributed by atoms with Crippen LogP contribution >= 0.6 is 0 Å². The summed E-state index contributed by atoms with van der Waals surface area (Å²) in [5, 5.41) is 7.01. The van der Waals surface area contributed by atoms with Gasteiger partial charge in [-0.15, -0.1) is 0 Å². The van der Waals surface area contributed by atoms with Crippen molar-refractivity contribution in [2.75, 3.05) is 4.90 Å². The van der Waals surface area contributed by atoms with Crippen LogP contribution in [0.2, 0.25) is 0 Å². The van der Waals surface area contributed by atoms with Gasteiger partial charge in [0.1, 0.15) is 11.2 Å². The van der Waals surface area contributed by atoms with E-state index in [1.165, 1.54) is 43.9 Å². The number of para-hydroxylation sites is 4. The molecule has 258 valence electrons. The third kappa shape index (κ3) is 4.98. The second-order valence-corrected chi connectivity index (χ2v) is 14.1. The van der Waals surface area contributed by atoms with Crippen LogP contribution in [0.4, 0.5) is 17.1 Å². The van der Waals surface area contributed by atoms with Crippen molar-refractivity contribution in [3.8, 4) is 27.9 Å². The van der Waals surface area contributed by atoms with E-state index in [1.54, 1.807) is 0 Å². The van der Waals surface area contributed by atoms with Crippen LogP contribution in [0.1, 0.15) is 0 Å². The Morgan fingerprint density at radius 3 is 1.76 bits per heavy atom. The number of furan rings is 1. The summed E-state index contributed by atoms with van der Waals surface area (Å²) in [5.41, 5.74) is 13.2. The molecule has 0 saturated heterocycles. The third-order valence-electron chi connectivity index (χ3n) is 11.0. The molecular formula is C52H34N2O. The Morgan fingerprint density at radius 2 is 0.982 bits per heavy atom. The summed E-state index contributed by atoms with van der Waals surface area (Å²) in [7, 11) is 0. The lowest BCUT2D eigenvalue weighted by molar-refractivity contribution is 0.669. The van der Waals surface area contributed by atoms with E-state index in [-0.39, 0.29) is 0 Å². The maximum atomic E-state index is 6.91. The first-order valence-corrected chi connectivity index (χ1v) is 18.8. The highest BCUT2D eigenvalue weighted by molar-refractivity contribution is 6.27. The maximum Gasteiger partial charge on any atom is 0.137 e. The minimum Gasteiger partial charge on any atom is -0.456 e. The van der Waals surface area contributed by atoms with Gasteiger partial charge in [0.05, 0.1) is 22.1 Å². The normalized spacial score (nSPS) is 11.6. The number of anilines is 3. The monoisotopic (exact) mass is 702 g/mol. The van der Waals surface area contributed by atoms with Gasteiger partial charge in [-0.3, -0.25) is 0 Å². The smallest absolute Gasteiger partial charge is 0.137 e. The third-order valence-corrected chi connectivity index (χ3v) is 11.0. The molecule has 0 atom stereocenters. The number of rotatable bonds is 6. The van der Waals surface area contributed by atoms with Crippen LogP contribution in [0.3, 0.4) is 0 Å². The maximum absolute atomic E-state index is 6.91. The molecule has 9 aromatic carbocycles. The minimum atomic E-state index is 0.855. The first kappa shape index (κ1) is 31.2. The second kappa shape index (κ2) is 12.6. The van der Waals surface area contributed by atoms with E-state index in [4.69, 9.17) is 4.42 Å². The topological polar surface area (TPSA) is 21.3 Å². The Labute approximate surface area is 318 Å². The van der Waals surface area contributed by atoms with Crippen LogP contribution in [-0.4, -0.2) is 4.57 Å². The lowest BCUT2D eigenvalue weighted by atomic mass is 9.93. The number of aromatic nitrogens is 1. The van der Waals surface area contributed by atoms with Crippen molar-refractivity contribution >= 4 is 71.6 Å². The SMILES string of the molecule is c1ccc(-c2ccc(N(c3ccccc3)c3cccc4oc5cc(-c6cccc7c8ccccc8n(-c8ccccc8)c67)c6ccccc6c5c34)cc2)cc1. The first-order valence-electron chi connectivity index (χ1n) is 18.8. The fourth-order valence-electron chi connectivity index (χ4n) is 8.59. The zero-order valence-corrected chi connectivity index (χ0v) is 29.9. The highest BCUT2D eigenvalue weighted by Crippen LogP contribution is 2.48. The standard InChI is InChI=1S/C52H34N2O/c1-4-16-35(17-5-1)36-30-32-39(33-31-36)53(37-18-6-2-7-19-37)47-28-15-29-48-51(47)50-42-24-11-10-22-40(42)45(34-49(50)55-48)44-26-14-25-43-41-23-12-13-27-46(41)54(52(43)44)38-20-8-3-9-21-38/h1-34H. The highest BCUT2D eigenvalue weighted by atomic mass is 16.3. The molecule has 3 heteroatoms. The minimum absolute atomic E-state index is 0.855. The second-order valence-electron chi connectivity index (χ2n) is 14.1. The molecule has 0 N–H and O–H groups in total. The van der Waals surface area contributed by atoms with Crippen LogP contribution in [0, 0.1) is 0 Å². The van der Waals surface area contributed by atoms with Crippen molar-refractivity contribution in [1.82, 2.24) is 4.57 Å². The molecule has 0 spiro atoms. The molecule has 55 heavy (non-hydrogen) atoms. The van der Waals surface area contributed by atoms with E-state index in [0.717, 1.165) is 55.6 Å². The molecule has 11 aromatic rings. The van der Waals surface area contributed by atoms with E-state index in [0.29, 0.717) is 0 Å². The summed E-state index contributed by atoms with van der Waals surface area (Å²) in [6, 6.07) is 73.7. The molecule has 0 aliphatic rings. The van der Waals surface area contributed by atoms with Gasteiger partial charge in [0.25, 0.3) is 0 Å². The molecule has 0 aliphatic heterocycles. The molecule has 0 aliphatic carbocycles. The van der Waals surface area contributed by atoms with E-state index in [1.807, 2.05) is 0 Å². The summed E-state index contributed by atoms with van der Waals surface area (Å²) in [5.74, 6) is 0. The number of hydrogen-bond acceptors (Lipinski definition) is 2. The van der Waals surface area contributed by atoms with Crippen molar-refractivity contribution in [3.05, 3.63) is 206 Å². The Hall–Kier alpha value is -7.36. The van der Waals surface area contributed by atoms with Crippen LogP contribution in [-0.2, 0) is 0 Å². The van der Waals surface area contributed by atoms with Gasteiger partial charge in [-0.2, -0.15) is 0 Å². The molecule has 0 amide bonds. The summed E-state index contributed by atoms with van der Waals surface area (Å²) in [6.45, 7) is 0. The number of nitrogens with zero attached hydrogens (tertiary/aromatic N) is 2. The lowest BCUT2D eigenvalue weighted by Gasteiger charge is -2.26. The van der Waals surface area contributed by atoms with E-state index in [2.05, 4.69) is 216 Å². The Bertz CT molecular complexity index is 3180. The van der Waals surface area contributed by atoms with Crippen LogP contribution < -0.4 is 4.90 Å². The van der Waals surface area contributed by atoms with Crippen molar-refractivity contribution in [2.24, 2.45) is 0 Å². The molecule has 3 nitrogen and oxygen atoms in total. The predicted octanol–water partition coefficient (Wildman–Crippen LogP) is 14.6. The van der Waals surface area contributed by atoms with Crippen molar-refractivity contribution in [2.45, 2.75) is 0 Å². The van der Waals surface area contributed by atoms with Gasteiger partial charge in [-0.1, -0.05) is 146 Å². The molecule has 0 radical (unpaired) electrons. The molecular weight excluding hydrogens is 669 g/mol. The average molecular weight is 703 g/mol. The molecule has 11 rings (SSSR count). The van der Waals surface area contributed by atoms with Gasteiger partial charge in [-0.05, 0) is 88.1 Å².